The molecular weight excluding hydrogens is 563 g/mol. The first-order valence-corrected chi connectivity index (χ1v) is 14.2. The molecule has 0 unspecified atom stereocenters. The number of anilines is 3. The summed E-state index contributed by atoms with van der Waals surface area (Å²) >= 11 is 6.08. The van der Waals surface area contributed by atoms with Crippen molar-refractivity contribution in [2.75, 3.05) is 54.4 Å². The van der Waals surface area contributed by atoms with Gasteiger partial charge in [-0.25, -0.2) is 4.98 Å². The van der Waals surface area contributed by atoms with Crippen LogP contribution in [0.25, 0.3) is 11.1 Å². The molecule has 0 spiro atoms. The third kappa shape index (κ3) is 5.87. The number of rotatable bonds is 5. The first-order valence-electron chi connectivity index (χ1n) is 13.8. The summed E-state index contributed by atoms with van der Waals surface area (Å²) < 4.78 is 41.2. The number of piperazine rings is 1. The number of hydrogen-bond donors (Lipinski definition) is 1. The van der Waals surface area contributed by atoms with Crippen molar-refractivity contribution in [1.82, 2.24) is 9.88 Å². The second-order valence-electron chi connectivity index (χ2n) is 10.4. The molecule has 1 aromatic heterocycles. The van der Waals surface area contributed by atoms with Crippen LogP contribution in [-0.2, 0) is 12.7 Å². The molecule has 42 heavy (non-hydrogen) atoms. The second kappa shape index (κ2) is 11.6. The van der Waals surface area contributed by atoms with Crippen LogP contribution in [0.1, 0.15) is 21.5 Å². The lowest BCUT2D eigenvalue weighted by atomic mass is 10.0. The van der Waals surface area contributed by atoms with Crippen LogP contribution in [0.4, 0.5) is 30.4 Å². The highest BCUT2D eigenvalue weighted by atomic mass is 35.5. The van der Waals surface area contributed by atoms with E-state index in [0.29, 0.717) is 43.2 Å². The van der Waals surface area contributed by atoms with Gasteiger partial charge >= 0.3 is 6.18 Å². The zero-order chi connectivity index (χ0) is 29.3. The van der Waals surface area contributed by atoms with Crippen LogP contribution in [-0.4, -0.2) is 55.1 Å². The molecule has 3 heterocycles. The van der Waals surface area contributed by atoms with E-state index in [9.17, 15) is 18.0 Å². The molecule has 0 aliphatic carbocycles. The number of carbonyl (C=O) groups excluding carboxylic acids is 1. The van der Waals surface area contributed by atoms with Crippen LogP contribution in [0.15, 0.2) is 85.1 Å². The Labute approximate surface area is 247 Å². The maximum atomic E-state index is 13.7. The molecule has 0 bridgehead atoms. The maximum Gasteiger partial charge on any atom is 0.416 e. The van der Waals surface area contributed by atoms with Crippen LogP contribution in [0.2, 0.25) is 5.02 Å². The number of benzene rings is 3. The Balaban J connectivity index is 1.22. The Bertz CT molecular complexity index is 1590. The molecule has 1 fully saturated rings. The zero-order valence-corrected chi connectivity index (χ0v) is 23.5. The molecule has 216 valence electrons. The summed E-state index contributed by atoms with van der Waals surface area (Å²) in [5.41, 5.74) is 3.42. The third-order valence-corrected chi connectivity index (χ3v) is 7.98. The molecule has 1 N–H and O–H groups in total. The monoisotopic (exact) mass is 591 g/mol. The number of nitrogens with zero attached hydrogens (tertiary/aromatic N) is 4. The van der Waals surface area contributed by atoms with Crippen LogP contribution < -0.4 is 15.1 Å². The fourth-order valence-corrected chi connectivity index (χ4v) is 5.77. The van der Waals surface area contributed by atoms with Crippen molar-refractivity contribution < 1.29 is 18.0 Å². The van der Waals surface area contributed by atoms with Crippen LogP contribution >= 0.6 is 11.6 Å². The number of para-hydroxylation sites is 1. The molecule has 2 aliphatic rings. The van der Waals surface area contributed by atoms with E-state index in [2.05, 4.69) is 27.3 Å². The number of carbonyl (C=O) groups is 1. The van der Waals surface area contributed by atoms with E-state index < -0.39 is 11.7 Å². The van der Waals surface area contributed by atoms with Gasteiger partial charge in [0.1, 0.15) is 5.82 Å². The van der Waals surface area contributed by atoms with Gasteiger partial charge in [-0.05, 0) is 59.7 Å². The van der Waals surface area contributed by atoms with Gasteiger partial charge in [0.15, 0.2) is 0 Å². The molecule has 3 aromatic carbocycles. The van der Waals surface area contributed by atoms with Gasteiger partial charge in [-0.15, -0.1) is 0 Å². The average molecular weight is 592 g/mol. The van der Waals surface area contributed by atoms with E-state index in [-0.39, 0.29) is 23.0 Å². The maximum absolute atomic E-state index is 13.7. The standard InChI is InChI=1S/C32H29ClF3N5O/c33-26-9-10-28(32(34,35)36)25(18-26)21-41-12-11-37-30-29(41)19-24(20-38-30)22-5-4-6-23(17-22)31(42)40-15-13-39(14-16-40)27-7-2-1-3-8-27/h1-10,17-20H,11-16,21H2,(H,37,38). The quantitative estimate of drug-likeness (QED) is 0.276. The predicted molar refractivity (Wildman–Crippen MR) is 160 cm³/mol. The number of hydrogen-bond acceptors (Lipinski definition) is 5. The average Bonchev–Trinajstić information content (AvgIpc) is 3.01. The number of amides is 1. The number of alkyl halides is 3. The number of nitrogens with one attached hydrogen (secondary N) is 1. The number of aromatic nitrogens is 1. The first-order chi connectivity index (χ1) is 20.3. The van der Waals surface area contributed by atoms with Crippen molar-refractivity contribution in [3.8, 4) is 11.1 Å². The number of pyridine rings is 1. The summed E-state index contributed by atoms with van der Waals surface area (Å²) in [6.07, 6.45) is -2.77. The molecule has 2 aliphatic heterocycles. The molecule has 6 nitrogen and oxygen atoms in total. The summed E-state index contributed by atoms with van der Waals surface area (Å²) in [7, 11) is 0. The van der Waals surface area contributed by atoms with Gasteiger partial charge in [0.25, 0.3) is 5.91 Å². The Hall–Kier alpha value is -4.24. The van der Waals surface area contributed by atoms with Gasteiger partial charge < -0.3 is 20.0 Å². The van der Waals surface area contributed by atoms with Gasteiger partial charge in [-0.2, -0.15) is 13.2 Å². The number of halogens is 4. The van der Waals surface area contributed by atoms with Gasteiger partial charge in [0.2, 0.25) is 0 Å². The molecule has 0 radical (unpaired) electrons. The summed E-state index contributed by atoms with van der Waals surface area (Å²) in [5, 5.41) is 3.49. The van der Waals surface area contributed by atoms with Crippen LogP contribution in [0, 0.1) is 0 Å². The normalized spacial score (nSPS) is 15.3. The highest BCUT2D eigenvalue weighted by Crippen LogP contribution is 2.37. The van der Waals surface area contributed by atoms with E-state index in [0.717, 1.165) is 36.0 Å². The minimum Gasteiger partial charge on any atom is -0.368 e. The fourth-order valence-electron chi connectivity index (χ4n) is 5.58. The van der Waals surface area contributed by atoms with E-state index in [1.54, 1.807) is 6.20 Å². The van der Waals surface area contributed by atoms with Crippen molar-refractivity contribution in [2.24, 2.45) is 0 Å². The fraction of sp³-hybridized carbons (Fsp3) is 0.250. The predicted octanol–water partition coefficient (Wildman–Crippen LogP) is 6.82. The SMILES string of the molecule is O=C(c1cccc(-c2cnc3c(c2)N(Cc2cc(Cl)ccc2C(F)(F)F)CCN3)c1)N1CCN(c2ccccc2)CC1. The van der Waals surface area contributed by atoms with Crippen molar-refractivity contribution >= 4 is 34.7 Å². The highest BCUT2D eigenvalue weighted by Gasteiger charge is 2.34. The molecule has 0 saturated carbocycles. The van der Waals surface area contributed by atoms with Crippen LogP contribution in [0.3, 0.4) is 0 Å². The molecule has 0 atom stereocenters. The van der Waals surface area contributed by atoms with Crippen LogP contribution in [0.5, 0.6) is 0 Å². The number of fused-ring (bicyclic) bond motifs is 1. The molecule has 1 saturated heterocycles. The van der Waals surface area contributed by atoms with Crippen molar-refractivity contribution in [2.45, 2.75) is 12.7 Å². The lowest BCUT2D eigenvalue weighted by Crippen LogP contribution is -2.48. The van der Waals surface area contributed by atoms with Crippen molar-refractivity contribution in [3.05, 3.63) is 107 Å². The molecule has 1 amide bonds. The summed E-state index contributed by atoms with van der Waals surface area (Å²) in [5.74, 6) is 0.573. The lowest BCUT2D eigenvalue weighted by molar-refractivity contribution is -0.138. The minimum atomic E-state index is -4.49. The Morgan fingerprint density at radius 3 is 2.43 bits per heavy atom. The molecule has 6 rings (SSSR count). The second-order valence-corrected chi connectivity index (χ2v) is 10.9. The van der Waals surface area contributed by atoms with Crippen molar-refractivity contribution in [1.29, 1.82) is 0 Å². The van der Waals surface area contributed by atoms with E-state index >= 15 is 0 Å². The Morgan fingerprint density at radius 1 is 0.881 bits per heavy atom. The van der Waals surface area contributed by atoms with E-state index in [4.69, 9.17) is 11.6 Å². The van der Waals surface area contributed by atoms with Gasteiger partial charge in [-0.3, -0.25) is 4.79 Å². The Kier molecular flexibility index (Phi) is 7.68. The van der Waals surface area contributed by atoms with Gasteiger partial charge in [0.05, 0.1) is 11.3 Å². The van der Waals surface area contributed by atoms with Gasteiger partial charge in [0, 0.05) is 73.8 Å². The topological polar surface area (TPSA) is 51.7 Å². The minimum absolute atomic E-state index is 0.0283. The molecular formula is C32H29ClF3N5O. The summed E-state index contributed by atoms with van der Waals surface area (Å²) in [4.78, 5) is 24.0. The third-order valence-electron chi connectivity index (χ3n) is 7.75. The van der Waals surface area contributed by atoms with E-state index in [1.807, 2.05) is 58.3 Å². The van der Waals surface area contributed by atoms with Gasteiger partial charge in [-0.1, -0.05) is 41.9 Å². The van der Waals surface area contributed by atoms with E-state index in [1.165, 1.54) is 12.1 Å². The zero-order valence-electron chi connectivity index (χ0n) is 22.7. The Morgan fingerprint density at radius 2 is 1.67 bits per heavy atom. The molecule has 10 heteroatoms. The highest BCUT2D eigenvalue weighted by molar-refractivity contribution is 6.30. The first kappa shape index (κ1) is 27.9. The molecule has 4 aromatic rings. The summed E-state index contributed by atoms with van der Waals surface area (Å²) in [6, 6.07) is 23.2. The summed E-state index contributed by atoms with van der Waals surface area (Å²) in [6.45, 7) is 3.84. The smallest absolute Gasteiger partial charge is 0.368 e. The lowest BCUT2D eigenvalue weighted by Gasteiger charge is -2.36. The largest absolute Gasteiger partial charge is 0.416 e. The van der Waals surface area contributed by atoms with Crippen molar-refractivity contribution in [3.63, 3.8) is 0 Å².